The van der Waals surface area contributed by atoms with Gasteiger partial charge in [0.1, 0.15) is 5.78 Å². The SMILES string of the molecule is CCC(N)(F)C[C@H](C)C(C)=O. The van der Waals surface area contributed by atoms with Crippen molar-refractivity contribution in [2.24, 2.45) is 11.7 Å². The average Bonchev–Trinajstić information content (AvgIpc) is 1.87. The number of alkyl halides is 1. The van der Waals surface area contributed by atoms with Crippen molar-refractivity contribution in [2.75, 3.05) is 0 Å². The molecule has 0 aromatic carbocycles. The summed E-state index contributed by atoms with van der Waals surface area (Å²) in [6, 6.07) is 0. The van der Waals surface area contributed by atoms with Gasteiger partial charge in [0.2, 0.25) is 0 Å². The van der Waals surface area contributed by atoms with Gasteiger partial charge in [-0.3, -0.25) is 10.5 Å². The lowest BCUT2D eigenvalue weighted by Gasteiger charge is -2.20. The summed E-state index contributed by atoms with van der Waals surface area (Å²) >= 11 is 0. The van der Waals surface area contributed by atoms with Crippen LogP contribution in [0, 0.1) is 5.92 Å². The molecule has 0 radical (unpaired) electrons. The first-order chi connectivity index (χ1) is 4.89. The molecule has 0 aliphatic carbocycles. The largest absolute Gasteiger partial charge is 0.300 e. The molecule has 2 N–H and O–H groups in total. The van der Waals surface area contributed by atoms with Crippen LogP contribution in [0.15, 0.2) is 0 Å². The van der Waals surface area contributed by atoms with Crippen LogP contribution < -0.4 is 5.73 Å². The van der Waals surface area contributed by atoms with E-state index in [9.17, 15) is 9.18 Å². The summed E-state index contributed by atoms with van der Waals surface area (Å²) in [7, 11) is 0. The number of hydrogen-bond donors (Lipinski definition) is 1. The summed E-state index contributed by atoms with van der Waals surface area (Å²) in [5, 5.41) is 0. The predicted molar refractivity (Wildman–Crippen MR) is 42.8 cm³/mol. The first-order valence-corrected chi connectivity index (χ1v) is 3.87. The average molecular weight is 161 g/mol. The van der Waals surface area contributed by atoms with Gasteiger partial charge in [-0.25, -0.2) is 4.39 Å². The normalized spacial score (nSPS) is 19.0. The van der Waals surface area contributed by atoms with Crippen molar-refractivity contribution < 1.29 is 9.18 Å². The molecule has 0 aromatic heterocycles. The number of nitrogens with two attached hydrogens (primary N) is 1. The quantitative estimate of drug-likeness (QED) is 0.637. The zero-order chi connectivity index (χ0) is 9.07. The molecule has 66 valence electrons. The van der Waals surface area contributed by atoms with Crippen molar-refractivity contribution >= 4 is 5.78 Å². The highest BCUT2D eigenvalue weighted by Gasteiger charge is 2.25. The Balaban J connectivity index is 3.93. The van der Waals surface area contributed by atoms with Crippen LogP contribution in [0.1, 0.15) is 33.6 Å². The highest BCUT2D eigenvalue weighted by Crippen LogP contribution is 2.19. The first kappa shape index (κ1) is 10.6. The molecule has 2 atom stereocenters. The molecule has 2 nitrogen and oxygen atoms in total. The topological polar surface area (TPSA) is 43.1 Å². The Morgan fingerprint density at radius 2 is 2.18 bits per heavy atom. The maximum absolute atomic E-state index is 13.1. The highest BCUT2D eigenvalue weighted by atomic mass is 19.1. The summed E-state index contributed by atoms with van der Waals surface area (Å²) in [5.74, 6) is -1.96. The molecule has 0 aliphatic heterocycles. The van der Waals surface area contributed by atoms with Crippen LogP contribution in [0.25, 0.3) is 0 Å². The van der Waals surface area contributed by atoms with E-state index in [1.807, 2.05) is 0 Å². The van der Waals surface area contributed by atoms with Crippen molar-refractivity contribution in [2.45, 2.75) is 39.4 Å². The standard InChI is InChI=1S/C8H16FNO/c1-4-8(9,10)5-6(2)7(3)11/h6H,4-5,10H2,1-3H3/t6-,8?/m0/s1. The third kappa shape index (κ3) is 4.09. The van der Waals surface area contributed by atoms with Crippen molar-refractivity contribution in [1.29, 1.82) is 0 Å². The molecule has 0 saturated heterocycles. The molecule has 11 heavy (non-hydrogen) atoms. The molecule has 0 saturated carbocycles. The van der Waals surface area contributed by atoms with Gasteiger partial charge in [-0.15, -0.1) is 0 Å². The molecule has 0 amide bonds. The lowest BCUT2D eigenvalue weighted by atomic mass is 9.96. The summed E-state index contributed by atoms with van der Waals surface area (Å²) in [5.41, 5.74) is 5.24. The van der Waals surface area contributed by atoms with Crippen LogP contribution in [-0.4, -0.2) is 11.6 Å². The Labute approximate surface area is 67.0 Å². The number of Topliss-reactive ketones (excluding diaryl/α,β-unsaturated/α-hetero) is 1. The van der Waals surface area contributed by atoms with Gasteiger partial charge < -0.3 is 0 Å². The van der Waals surface area contributed by atoms with E-state index in [0.717, 1.165) is 0 Å². The van der Waals surface area contributed by atoms with E-state index in [1.165, 1.54) is 6.92 Å². The second kappa shape index (κ2) is 3.81. The lowest BCUT2D eigenvalue weighted by Crippen LogP contribution is -2.36. The second-order valence-electron chi connectivity index (χ2n) is 3.10. The van der Waals surface area contributed by atoms with E-state index in [1.54, 1.807) is 13.8 Å². The van der Waals surface area contributed by atoms with E-state index < -0.39 is 5.79 Å². The fraction of sp³-hybridized carbons (Fsp3) is 0.875. The molecule has 0 aliphatic rings. The molecule has 1 unspecified atom stereocenters. The summed E-state index contributed by atoms with van der Waals surface area (Å²) in [6.07, 6.45) is 0.378. The van der Waals surface area contributed by atoms with Crippen LogP contribution in [-0.2, 0) is 4.79 Å². The van der Waals surface area contributed by atoms with Crippen molar-refractivity contribution in [3.05, 3.63) is 0 Å². The van der Waals surface area contributed by atoms with Crippen LogP contribution in [0.5, 0.6) is 0 Å². The van der Waals surface area contributed by atoms with Gasteiger partial charge in [-0.2, -0.15) is 0 Å². The minimum absolute atomic E-state index is 0.00840. The van der Waals surface area contributed by atoms with Crippen LogP contribution >= 0.6 is 0 Å². The predicted octanol–water partition coefficient (Wildman–Crippen LogP) is 1.64. The fourth-order valence-electron chi connectivity index (χ4n) is 0.797. The summed E-state index contributed by atoms with van der Waals surface area (Å²) in [4.78, 5) is 10.7. The van der Waals surface area contributed by atoms with E-state index in [4.69, 9.17) is 5.73 Å². The van der Waals surface area contributed by atoms with E-state index in [2.05, 4.69) is 0 Å². The van der Waals surface area contributed by atoms with Gasteiger partial charge in [0.05, 0.1) is 0 Å². The van der Waals surface area contributed by atoms with E-state index in [-0.39, 0.29) is 24.5 Å². The molecule has 0 bridgehead atoms. The van der Waals surface area contributed by atoms with Crippen molar-refractivity contribution in [3.63, 3.8) is 0 Å². The Bertz CT molecular complexity index is 145. The summed E-state index contributed by atoms with van der Waals surface area (Å²) in [6.45, 7) is 4.82. The minimum atomic E-state index is -1.68. The molecule has 0 fully saturated rings. The van der Waals surface area contributed by atoms with Gasteiger partial charge in [0, 0.05) is 12.3 Å². The van der Waals surface area contributed by atoms with Gasteiger partial charge in [-0.1, -0.05) is 13.8 Å². The number of hydrogen-bond acceptors (Lipinski definition) is 2. The third-order valence-electron chi connectivity index (χ3n) is 1.93. The highest BCUT2D eigenvalue weighted by molar-refractivity contribution is 5.77. The monoisotopic (exact) mass is 161 g/mol. The fourth-order valence-corrected chi connectivity index (χ4v) is 0.797. The molecule has 0 rings (SSSR count). The maximum Gasteiger partial charge on any atom is 0.159 e. The van der Waals surface area contributed by atoms with Gasteiger partial charge in [0.15, 0.2) is 5.79 Å². The molecular weight excluding hydrogens is 145 g/mol. The molecular formula is C8H16FNO. The number of carbonyl (C=O) groups excluding carboxylic acids is 1. The number of halogens is 1. The number of ketones is 1. The van der Waals surface area contributed by atoms with Crippen molar-refractivity contribution in [1.82, 2.24) is 0 Å². The zero-order valence-electron chi connectivity index (χ0n) is 7.36. The Kier molecular flexibility index (Phi) is 3.66. The van der Waals surface area contributed by atoms with E-state index in [0.29, 0.717) is 0 Å². The minimum Gasteiger partial charge on any atom is -0.300 e. The Hall–Kier alpha value is -0.440. The number of rotatable bonds is 4. The Morgan fingerprint density at radius 3 is 2.45 bits per heavy atom. The Morgan fingerprint density at radius 1 is 1.73 bits per heavy atom. The van der Waals surface area contributed by atoms with Gasteiger partial charge in [0.25, 0.3) is 0 Å². The molecule has 0 spiro atoms. The second-order valence-corrected chi connectivity index (χ2v) is 3.10. The summed E-state index contributed by atoms with van der Waals surface area (Å²) < 4.78 is 13.1. The molecule has 0 heterocycles. The maximum atomic E-state index is 13.1. The zero-order valence-corrected chi connectivity index (χ0v) is 7.36. The van der Waals surface area contributed by atoms with Crippen LogP contribution in [0.2, 0.25) is 0 Å². The van der Waals surface area contributed by atoms with Crippen LogP contribution in [0.3, 0.4) is 0 Å². The third-order valence-corrected chi connectivity index (χ3v) is 1.93. The molecule has 3 heteroatoms. The van der Waals surface area contributed by atoms with Crippen molar-refractivity contribution in [3.8, 4) is 0 Å². The smallest absolute Gasteiger partial charge is 0.159 e. The van der Waals surface area contributed by atoms with Crippen LogP contribution in [0.4, 0.5) is 4.39 Å². The van der Waals surface area contributed by atoms with Gasteiger partial charge >= 0.3 is 0 Å². The van der Waals surface area contributed by atoms with Gasteiger partial charge in [-0.05, 0) is 13.3 Å². The number of carbonyl (C=O) groups is 1. The first-order valence-electron chi connectivity index (χ1n) is 3.87. The molecule has 0 aromatic rings. The van der Waals surface area contributed by atoms with E-state index >= 15 is 0 Å². The lowest BCUT2D eigenvalue weighted by molar-refractivity contribution is -0.121.